The number of rotatable bonds is 4. The van der Waals surface area contributed by atoms with Gasteiger partial charge in [-0.1, -0.05) is 12.1 Å². The van der Waals surface area contributed by atoms with Crippen molar-refractivity contribution in [1.29, 1.82) is 0 Å². The van der Waals surface area contributed by atoms with Gasteiger partial charge >= 0.3 is 0 Å². The number of carbonyl (C=O) groups is 1. The lowest BCUT2D eigenvalue weighted by Crippen LogP contribution is -2.26. The molecule has 4 rings (SSSR count). The third-order valence-corrected chi connectivity index (χ3v) is 6.06. The molecule has 1 fully saturated rings. The SMILES string of the molecule is Cc1cccc(-n2ncc(C(=O)Nc3ncc(C4CCNCC4)s3)c2C)c1. The Morgan fingerprint density at radius 2 is 2.07 bits per heavy atom. The minimum Gasteiger partial charge on any atom is -0.317 e. The van der Waals surface area contributed by atoms with E-state index in [-0.39, 0.29) is 5.91 Å². The highest BCUT2D eigenvalue weighted by Gasteiger charge is 2.20. The van der Waals surface area contributed by atoms with Gasteiger partial charge in [-0.25, -0.2) is 9.67 Å². The Labute approximate surface area is 162 Å². The number of carbonyl (C=O) groups excluding carboxylic acids is 1. The van der Waals surface area contributed by atoms with Crippen molar-refractivity contribution < 1.29 is 4.79 Å². The second kappa shape index (κ2) is 7.62. The van der Waals surface area contributed by atoms with Crippen LogP contribution in [0, 0.1) is 13.8 Å². The minimum atomic E-state index is -0.169. The summed E-state index contributed by atoms with van der Waals surface area (Å²) in [5.74, 6) is 0.373. The molecule has 1 aliphatic rings. The van der Waals surface area contributed by atoms with E-state index < -0.39 is 0 Å². The van der Waals surface area contributed by atoms with E-state index in [1.165, 1.54) is 4.88 Å². The second-order valence-corrected chi connectivity index (χ2v) is 8.00. The largest absolute Gasteiger partial charge is 0.317 e. The molecule has 0 unspecified atom stereocenters. The van der Waals surface area contributed by atoms with Gasteiger partial charge in [0.15, 0.2) is 5.13 Å². The number of aryl methyl sites for hydroxylation is 1. The van der Waals surface area contributed by atoms with Gasteiger partial charge in [0.2, 0.25) is 0 Å². The molecule has 1 aromatic carbocycles. The highest BCUT2D eigenvalue weighted by molar-refractivity contribution is 7.15. The lowest BCUT2D eigenvalue weighted by molar-refractivity contribution is 0.102. The van der Waals surface area contributed by atoms with Gasteiger partial charge in [0.1, 0.15) is 0 Å². The fourth-order valence-electron chi connectivity index (χ4n) is 3.46. The van der Waals surface area contributed by atoms with Crippen LogP contribution in [0.15, 0.2) is 36.7 Å². The molecule has 2 N–H and O–H groups in total. The number of hydrogen-bond donors (Lipinski definition) is 2. The monoisotopic (exact) mass is 381 g/mol. The zero-order chi connectivity index (χ0) is 18.8. The lowest BCUT2D eigenvalue weighted by atomic mass is 9.97. The molecule has 27 heavy (non-hydrogen) atoms. The number of anilines is 1. The van der Waals surface area contributed by atoms with E-state index in [9.17, 15) is 4.79 Å². The predicted molar refractivity (Wildman–Crippen MR) is 108 cm³/mol. The van der Waals surface area contributed by atoms with Crippen LogP contribution in [-0.2, 0) is 0 Å². The van der Waals surface area contributed by atoms with Crippen molar-refractivity contribution in [3.63, 3.8) is 0 Å². The summed E-state index contributed by atoms with van der Waals surface area (Å²) in [5.41, 5.74) is 3.49. The van der Waals surface area contributed by atoms with Crippen LogP contribution in [0.2, 0.25) is 0 Å². The molecule has 0 aliphatic carbocycles. The molecule has 2 aromatic heterocycles. The number of amides is 1. The van der Waals surface area contributed by atoms with Crippen molar-refractivity contribution in [3.8, 4) is 5.69 Å². The van der Waals surface area contributed by atoms with E-state index in [0.29, 0.717) is 16.6 Å². The van der Waals surface area contributed by atoms with E-state index in [2.05, 4.69) is 20.7 Å². The smallest absolute Gasteiger partial charge is 0.260 e. The Morgan fingerprint density at radius 3 is 2.85 bits per heavy atom. The van der Waals surface area contributed by atoms with Gasteiger partial charge in [0.05, 0.1) is 23.1 Å². The maximum Gasteiger partial charge on any atom is 0.260 e. The molecule has 1 aliphatic heterocycles. The second-order valence-electron chi connectivity index (χ2n) is 6.94. The van der Waals surface area contributed by atoms with Crippen molar-refractivity contribution in [1.82, 2.24) is 20.1 Å². The van der Waals surface area contributed by atoms with Crippen LogP contribution in [0.4, 0.5) is 5.13 Å². The number of aromatic nitrogens is 3. The molecular weight excluding hydrogens is 358 g/mol. The fourth-order valence-corrected chi connectivity index (χ4v) is 4.44. The first-order chi connectivity index (χ1) is 13.1. The van der Waals surface area contributed by atoms with Gasteiger partial charge in [-0.2, -0.15) is 5.10 Å². The normalized spacial score (nSPS) is 15.0. The Balaban J connectivity index is 1.50. The zero-order valence-electron chi connectivity index (χ0n) is 15.5. The molecule has 0 saturated carbocycles. The molecule has 0 bridgehead atoms. The van der Waals surface area contributed by atoms with Crippen molar-refractivity contribution >= 4 is 22.4 Å². The van der Waals surface area contributed by atoms with Crippen LogP contribution in [0.5, 0.6) is 0 Å². The summed E-state index contributed by atoms with van der Waals surface area (Å²) in [6.07, 6.45) is 5.77. The van der Waals surface area contributed by atoms with E-state index in [0.717, 1.165) is 42.9 Å². The first-order valence-electron chi connectivity index (χ1n) is 9.21. The number of nitrogens with one attached hydrogen (secondary N) is 2. The molecule has 140 valence electrons. The van der Waals surface area contributed by atoms with Crippen LogP contribution in [0.1, 0.15) is 45.3 Å². The van der Waals surface area contributed by atoms with E-state index in [4.69, 9.17) is 0 Å². The maximum atomic E-state index is 12.7. The third kappa shape index (κ3) is 3.79. The summed E-state index contributed by atoms with van der Waals surface area (Å²) in [5, 5.41) is 11.4. The first-order valence-corrected chi connectivity index (χ1v) is 10.0. The quantitative estimate of drug-likeness (QED) is 0.723. The first kappa shape index (κ1) is 17.9. The molecule has 7 heteroatoms. The molecule has 0 atom stereocenters. The molecule has 3 heterocycles. The molecular formula is C20H23N5OS. The molecule has 6 nitrogen and oxygen atoms in total. The van der Waals surface area contributed by atoms with Gasteiger partial charge in [-0.05, 0) is 63.4 Å². The Morgan fingerprint density at radius 1 is 1.26 bits per heavy atom. The average molecular weight is 382 g/mol. The van der Waals surface area contributed by atoms with Crippen molar-refractivity contribution in [2.75, 3.05) is 18.4 Å². The Hall–Kier alpha value is -2.51. The van der Waals surface area contributed by atoms with Crippen LogP contribution in [-0.4, -0.2) is 33.8 Å². The number of piperidine rings is 1. The Kier molecular flexibility index (Phi) is 5.05. The number of hydrogen-bond acceptors (Lipinski definition) is 5. The van der Waals surface area contributed by atoms with E-state index in [1.54, 1.807) is 22.2 Å². The Bertz CT molecular complexity index is 955. The van der Waals surface area contributed by atoms with Gasteiger partial charge in [0, 0.05) is 11.1 Å². The molecule has 3 aromatic rings. The zero-order valence-corrected chi connectivity index (χ0v) is 16.3. The average Bonchev–Trinajstić information content (AvgIpc) is 3.29. The topological polar surface area (TPSA) is 71.8 Å². The highest BCUT2D eigenvalue weighted by atomic mass is 32.1. The van der Waals surface area contributed by atoms with Crippen molar-refractivity contribution in [2.24, 2.45) is 0 Å². The summed E-state index contributed by atoms with van der Waals surface area (Å²) in [7, 11) is 0. The highest BCUT2D eigenvalue weighted by Crippen LogP contribution is 2.32. The predicted octanol–water partition coefficient (Wildman–Crippen LogP) is 3.66. The summed E-state index contributed by atoms with van der Waals surface area (Å²) < 4.78 is 1.80. The number of nitrogens with zero attached hydrogens (tertiary/aromatic N) is 3. The van der Waals surface area contributed by atoms with Gasteiger partial charge in [0.25, 0.3) is 5.91 Å². The molecule has 0 spiro atoms. The lowest BCUT2D eigenvalue weighted by Gasteiger charge is -2.20. The molecule has 0 radical (unpaired) electrons. The summed E-state index contributed by atoms with van der Waals surface area (Å²) in [4.78, 5) is 18.4. The fraction of sp³-hybridized carbons (Fsp3) is 0.350. The maximum absolute atomic E-state index is 12.7. The third-order valence-electron chi connectivity index (χ3n) is 4.99. The molecule has 1 amide bonds. The van der Waals surface area contributed by atoms with Gasteiger partial charge < -0.3 is 5.32 Å². The van der Waals surface area contributed by atoms with Crippen LogP contribution < -0.4 is 10.6 Å². The summed E-state index contributed by atoms with van der Waals surface area (Å²) in [6, 6.07) is 8.07. The standard InChI is InChI=1S/C20H23N5OS/c1-13-4-3-5-16(10-13)25-14(2)17(11-23-25)19(26)24-20-22-12-18(27-20)15-6-8-21-9-7-15/h3-5,10-12,15,21H,6-9H2,1-2H3,(H,22,24,26). The minimum absolute atomic E-state index is 0.169. The van der Waals surface area contributed by atoms with Crippen LogP contribution in [0.3, 0.4) is 0 Å². The van der Waals surface area contributed by atoms with Crippen LogP contribution >= 0.6 is 11.3 Å². The van der Waals surface area contributed by atoms with E-state index >= 15 is 0 Å². The van der Waals surface area contributed by atoms with E-state index in [1.807, 2.05) is 44.3 Å². The summed E-state index contributed by atoms with van der Waals surface area (Å²) >= 11 is 1.58. The summed E-state index contributed by atoms with van der Waals surface area (Å²) in [6.45, 7) is 6.04. The number of thiazole rings is 1. The van der Waals surface area contributed by atoms with Crippen molar-refractivity contribution in [3.05, 3.63) is 58.4 Å². The van der Waals surface area contributed by atoms with Crippen molar-refractivity contribution in [2.45, 2.75) is 32.6 Å². The van der Waals surface area contributed by atoms with Gasteiger partial charge in [-0.3, -0.25) is 10.1 Å². The van der Waals surface area contributed by atoms with Crippen LogP contribution in [0.25, 0.3) is 5.69 Å². The molecule has 1 saturated heterocycles. The van der Waals surface area contributed by atoms with Gasteiger partial charge in [-0.15, -0.1) is 11.3 Å². The number of benzene rings is 1.